The minimum absolute atomic E-state index is 0.817. The largest absolute Gasteiger partial charge is 0.385 e. The second kappa shape index (κ2) is 6.19. The summed E-state index contributed by atoms with van der Waals surface area (Å²) in [6.45, 7) is 1.89. The fraction of sp³-hybridized carbons (Fsp3) is 0.250. The van der Waals surface area contributed by atoms with E-state index in [2.05, 4.69) is 60.7 Å². The summed E-state index contributed by atoms with van der Waals surface area (Å²) in [7, 11) is 0. The Kier molecular flexibility index (Phi) is 4.32. The van der Waals surface area contributed by atoms with Crippen molar-refractivity contribution in [2.45, 2.75) is 19.4 Å². The molecule has 1 heterocycles. The molecular weight excluding hydrogens is 380 g/mol. The van der Waals surface area contributed by atoms with Crippen LogP contribution in [0.25, 0.3) is 0 Å². The standard InChI is InChI=1S/C16H16Br2N2/c17-13-7-2-8-14(18)16(13)20-10-12-5-1-4-11-6-3-9-19-15(11)12/h1-2,4-5,7-8,19-20H,3,6,9-10H2. The van der Waals surface area contributed by atoms with Gasteiger partial charge in [0.2, 0.25) is 0 Å². The van der Waals surface area contributed by atoms with Crippen molar-refractivity contribution in [1.82, 2.24) is 0 Å². The molecule has 20 heavy (non-hydrogen) atoms. The van der Waals surface area contributed by atoms with Crippen molar-refractivity contribution in [2.24, 2.45) is 0 Å². The number of anilines is 2. The highest BCUT2D eigenvalue weighted by Crippen LogP contribution is 2.32. The van der Waals surface area contributed by atoms with E-state index in [1.54, 1.807) is 0 Å². The van der Waals surface area contributed by atoms with Crippen LogP contribution in [0.5, 0.6) is 0 Å². The van der Waals surface area contributed by atoms with Crippen molar-refractivity contribution in [1.29, 1.82) is 0 Å². The van der Waals surface area contributed by atoms with Crippen molar-refractivity contribution < 1.29 is 0 Å². The molecule has 2 aromatic rings. The van der Waals surface area contributed by atoms with Gasteiger partial charge in [-0.25, -0.2) is 0 Å². The molecule has 0 saturated heterocycles. The lowest BCUT2D eigenvalue weighted by Crippen LogP contribution is -2.15. The van der Waals surface area contributed by atoms with E-state index in [9.17, 15) is 0 Å². The Morgan fingerprint density at radius 2 is 1.80 bits per heavy atom. The Labute approximate surface area is 136 Å². The summed E-state index contributed by atoms with van der Waals surface area (Å²) in [5.41, 5.74) is 5.17. The molecule has 0 saturated carbocycles. The minimum atomic E-state index is 0.817. The maximum Gasteiger partial charge on any atom is 0.0631 e. The lowest BCUT2D eigenvalue weighted by molar-refractivity contribution is 0.825. The Hall–Kier alpha value is -1.00. The second-order valence-corrected chi connectivity index (χ2v) is 6.64. The first-order valence-electron chi connectivity index (χ1n) is 6.78. The third kappa shape index (κ3) is 2.86. The number of aryl methyl sites for hydroxylation is 1. The normalized spacial score (nSPS) is 13.5. The lowest BCUT2D eigenvalue weighted by Gasteiger charge is -2.22. The predicted molar refractivity (Wildman–Crippen MR) is 92.4 cm³/mol. The molecule has 104 valence electrons. The molecule has 2 N–H and O–H groups in total. The summed E-state index contributed by atoms with van der Waals surface area (Å²) < 4.78 is 2.15. The zero-order valence-corrected chi connectivity index (χ0v) is 14.2. The van der Waals surface area contributed by atoms with E-state index in [1.807, 2.05) is 18.2 Å². The Morgan fingerprint density at radius 1 is 1.05 bits per heavy atom. The van der Waals surface area contributed by atoms with Gasteiger partial charge in [-0.15, -0.1) is 0 Å². The van der Waals surface area contributed by atoms with Crippen LogP contribution in [-0.4, -0.2) is 6.54 Å². The molecule has 2 aromatic carbocycles. The SMILES string of the molecule is Brc1cccc(Br)c1NCc1cccc2c1NCCC2. The van der Waals surface area contributed by atoms with Gasteiger partial charge in [0.1, 0.15) is 0 Å². The van der Waals surface area contributed by atoms with E-state index in [0.717, 1.165) is 27.7 Å². The molecule has 1 aliphatic rings. The van der Waals surface area contributed by atoms with E-state index in [1.165, 1.54) is 29.7 Å². The zero-order chi connectivity index (χ0) is 13.9. The molecule has 0 radical (unpaired) electrons. The molecule has 0 unspecified atom stereocenters. The van der Waals surface area contributed by atoms with E-state index < -0.39 is 0 Å². The van der Waals surface area contributed by atoms with E-state index in [4.69, 9.17) is 0 Å². The fourth-order valence-corrected chi connectivity index (χ4v) is 3.86. The Morgan fingerprint density at radius 3 is 2.60 bits per heavy atom. The molecule has 0 amide bonds. The van der Waals surface area contributed by atoms with Crippen LogP contribution in [0.2, 0.25) is 0 Å². The summed E-state index contributed by atoms with van der Waals surface area (Å²) in [4.78, 5) is 0. The third-order valence-corrected chi connectivity index (χ3v) is 4.90. The maximum atomic E-state index is 3.59. The number of benzene rings is 2. The maximum absolute atomic E-state index is 3.59. The number of hydrogen-bond donors (Lipinski definition) is 2. The molecular formula is C16H16Br2N2. The lowest BCUT2D eigenvalue weighted by atomic mass is 9.99. The van der Waals surface area contributed by atoms with Crippen LogP contribution in [0.4, 0.5) is 11.4 Å². The topological polar surface area (TPSA) is 24.1 Å². The highest BCUT2D eigenvalue weighted by Gasteiger charge is 2.12. The fourth-order valence-electron chi connectivity index (χ4n) is 2.58. The molecule has 0 atom stereocenters. The van der Waals surface area contributed by atoms with Crippen LogP contribution < -0.4 is 10.6 Å². The van der Waals surface area contributed by atoms with E-state index in [0.29, 0.717) is 0 Å². The third-order valence-electron chi connectivity index (χ3n) is 3.58. The minimum Gasteiger partial charge on any atom is -0.385 e. The van der Waals surface area contributed by atoms with Crippen LogP contribution in [-0.2, 0) is 13.0 Å². The quantitative estimate of drug-likeness (QED) is 0.747. The van der Waals surface area contributed by atoms with Gasteiger partial charge in [-0.05, 0) is 68.0 Å². The average molecular weight is 396 g/mol. The monoisotopic (exact) mass is 394 g/mol. The summed E-state index contributed by atoms with van der Waals surface area (Å²) in [5.74, 6) is 0. The zero-order valence-electron chi connectivity index (χ0n) is 11.0. The molecule has 0 bridgehead atoms. The van der Waals surface area contributed by atoms with Crippen molar-refractivity contribution in [3.05, 3.63) is 56.5 Å². The summed E-state index contributed by atoms with van der Waals surface area (Å²) in [6, 6.07) is 12.7. The van der Waals surface area contributed by atoms with Crippen molar-refractivity contribution >= 4 is 43.2 Å². The van der Waals surface area contributed by atoms with Crippen LogP contribution >= 0.6 is 31.9 Å². The number of halogens is 2. The van der Waals surface area contributed by atoms with Gasteiger partial charge in [0.25, 0.3) is 0 Å². The van der Waals surface area contributed by atoms with Gasteiger partial charge in [-0.2, -0.15) is 0 Å². The van der Waals surface area contributed by atoms with Gasteiger partial charge >= 0.3 is 0 Å². The van der Waals surface area contributed by atoms with Gasteiger partial charge in [-0.1, -0.05) is 24.3 Å². The van der Waals surface area contributed by atoms with E-state index >= 15 is 0 Å². The highest BCUT2D eigenvalue weighted by molar-refractivity contribution is 9.11. The predicted octanol–water partition coefficient (Wildman–Crippen LogP) is 5.18. The molecule has 0 fully saturated rings. The number of fused-ring (bicyclic) bond motifs is 1. The average Bonchev–Trinajstić information content (AvgIpc) is 2.47. The van der Waals surface area contributed by atoms with Crippen molar-refractivity contribution in [3.63, 3.8) is 0 Å². The van der Waals surface area contributed by atoms with Crippen molar-refractivity contribution in [3.8, 4) is 0 Å². The Bertz CT molecular complexity index is 606. The van der Waals surface area contributed by atoms with Gasteiger partial charge in [-0.3, -0.25) is 0 Å². The molecule has 2 nitrogen and oxygen atoms in total. The molecule has 0 spiro atoms. The van der Waals surface area contributed by atoms with Crippen LogP contribution in [0.3, 0.4) is 0 Å². The first-order chi connectivity index (χ1) is 9.75. The first kappa shape index (κ1) is 14.0. The highest BCUT2D eigenvalue weighted by atomic mass is 79.9. The molecule has 1 aliphatic heterocycles. The Balaban J connectivity index is 1.82. The number of nitrogens with one attached hydrogen (secondary N) is 2. The van der Waals surface area contributed by atoms with Gasteiger partial charge in [0.15, 0.2) is 0 Å². The molecule has 3 rings (SSSR count). The number of rotatable bonds is 3. The summed E-state index contributed by atoms with van der Waals surface area (Å²) in [5, 5.41) is 7.05. The number of hydrogen-bond acceptors (Lipinski definition) is 2. The first-order valence-corrected chi connectivity index (χ1v) is 8.37. The van der Waals surface area contributed by atoms with Crippen molar-refractivity contribution in [2.75, 3.05) is 17.2 Å². The van der Waals surface area contributed by atoms with Crippen LogP contribution in [0, 0.1) is 0 Å². The smallest absolute Gasteiger partial charge is 0.0631 e. The molecule has 4 heteroatoms. The number of para-hydroxylation sites is 2. The molecule has 0 aliphatic carbocycles. The summed E-state index contributed by atoms with van der Waals surface area (Å²) >= 11 is 7.17. The van der Waals surface area contributed by atoms with Gasteiger partial charge < -0.3 is 10.6 Å². The van der Waals surface area contributed by atoms with Crippen LogP contribution in [0.1, 0.15) is 17.5 Å². The van der Waals surface area contributed by atoms with E-state index in [-0.39, 0.29) is 0 Å². The summed E-state index contributed by atoms with van der Waals surface area (Å²) in [6.07, 6.45) is 2.40. The van der Waals surface area contributed by atoms with Crippen LogP contribution in [0.15, 0.2) is 45.3 Å². The van der Waals surface area contributed by atoms with Gasteiger partial charge in [0.05, 0.1) is 5.69 Å². The van der Waals surface area contributed by atoms with Gasteiger partial charge in [0, 0.05) is 27.7 Å². The second-order valence-electron chi connectivity index (χ2n) is 4.93. The molecule has 0 aromatic heterocycles.